The van der Waals surface area contributed by atoms with E-state index in [-0.39, 0.29) is 11.5 Å². The Kier molecular flexibility index (Phi) is 5.50. The molecule has 1 saturated heterocycles. The highest BCUT2D eigenvalue weighted by atomic mass is 32.1. The number of nitrogens with one attached hydrogen (secondary N) is 1. The summed E-state index contributed by atoms with van der Waals surface area (Å²) in [5, 5.41) is 8.92. The highest BCUT2D eigenvalue weighted by Gasteiger charge is 2.44. The molecule has 6 nitrogen and oxygen atoms in total. The summed E-state index contributed by atoms with van der Waals surface area (Å²) in [7, 11) is 0. The van der Waals surface area contributed by atoms with E-state index in [0.29, 0.717) is 24.6 Å². The first-order valence-electron chi connectivity index (χ1n) is 8.69. The zero-order valence-electron chi connectivity index (χ0n) is 14.5. The van der Waals surface area contributed by atoms with Crippen LogP contribution in [-0.2, 0) is 16.2 Å². The molecular weight excluding hydrogens is 324 g/mol. The number of amides is 1. The molecule has 24 heavy (non-hydrogen) atoms. The molecule has 1 amide bonds. The van der Waals surface area contributed by atoms with Gasteiger partial charge in [-0.2, -0.15) is 0 Å². The van der Waals surface area contributed by atoms with Gasteiger partial charge in [0.15, 0.2) is 5.60 Å². The van der Waals surface area contributed by atoms with Gasteiger partial charge >= 0.3 is 0 Å². The normalized spacial score (nSPS) is 24.2. The van der Waals surface area contributed by atoms with Gasteiger partial charge in [0.2, 0.25) is 0 Å². The van der Waals surface area contributed by atoms with Gasteiger partial charge in [-0.05, 0) is 38.3 Å². The number of carbonyl (C=O) groups is 1. The number of hydrogen-bond donors (Lipinski definition) is 1. The van der Waals surface area contributed by atoms with Gasteiger partial charge in [-0.1, -0.05) is 19.0 Å². The zero-order valence-corrected chi connectivity index (χ0v) is 15.3. The van der Waals surface area contributed by atoms with Gasteiger partial charge in [0.25, 0.3) is 5.91 Å². The van der Waals surface area contributed by atoms with Crippen molar-refractivity contribution >= 4 is 23.0 Å². The molecule has 1 aromatic heterocycles. The molecule has 0 aromatic carbocycles. The number of likely N-dealkylation sites (tertiary alicyclic amines) is 1. The van der Waals surface area contributed by atoms with E-state index in [1.165, 1.54) is 17.8 Å². The Balaban J connectivity index is 1.50. The molecule has 0 aliphatic carbocycles. The topological polar surface area (TPSA) is 66.8 Å². The van der Waals surface area contributed by atoms with E-state index in [0.717, 1.165) is 38.2 Å². The van der Waals surface area contributed by atoms with Crippen LogP contribution in [0.25, 0.3) is 0 Å². The number of oxime groups is 1. The average Bonchev–Trinajstić information content (AvgIpc) is 3.21. The van der Waals surface area contributed by atoms with E-state index in [1.807, 2.05) is 5.38 Å². The van der Waals surface area contributed by atoms with Crippen molar-refractivity contribution in [2.45, 2.75) is 51.7 Å². The van der Waals surface area contributed by atoms with Crippen molar-refractivity contribution < 1.29 is 9.63 Å². The SMILES string of the molecule is CC(C)CCN1CCC[C@]2(CC(C(=O)NCc3cscn3)=NO2)C1. The van der Waals surface area contributed by atoms with Crippen molar-refractivity contribution in [2.75, 3.05) is 19.6 Å². The molecule has 7 heteroatoms. The van der Waals surface area contributed by atoms with Crippen LogP contribution in [0.4, 0.5) is 0 Å². The fourth-order valence-corrected chi connectivity index (χ4v) is 3.84. The fraction of sp³-hybridized carbons (Fsp3) is 0.706. The first-order valence-corrected chi connectivity index (χ1v) is 9.63. The Morgan fingerprint density at radius 2 is 2.42 bits per heavy atom. The molecule has 1 fully saturated rings. The monoisotopic (exact) mass is 350 g/mol. The van der Waals surface area contributed by atoms with Gasteiger partial charge in [-0.25, -0.2) is 4.98 Å². The summed E-state index contributed by atoms with van der Waals surface area (Å²) in [5.74, 6) is 0.565. The van der Waals surface area contributed by atoms with Gasteiger partial charge < -0.3 is 10.2 Å². The second-order valence-electron chi connectivity index (χ2n) is 7.21. The third-order valence-corrected chi connectivity index (χ3v) is 5.29. The first kappa shape index (κ1) is 17.4. The Hall–Kier alpha value is -1.47. The lowest BCUT2D eigenvalue weighted by molar-refractivity contribution is -0.115. The van der Waals surface area contributed by atoms with Gasteiger partial charge in [-0.3, -0.25) is 9.69 Å². The Morgan fingerprint density at radius 1 is 1.54 bits per heavy atom. The van der Waals surface area contributed by atoms with Crippen LogP contribution in [0.15, 0.2) is 16.0 Å². The minimum atomic E-state index is -0.303. The minimum Gasteiger partial charge on any atom is -0.387 e. The number of thiazole rings is 1. The highest BCUT2D eigenvalue weighted by molar-refractivity contribution is 7.07. The van der Waals surface area contributed by atoms with Crippen LogP contribution in [0, 0.1) is 5.92 Å². The smallest absolute Gasteiger partial charge is 0.269 e. The van der Waals surface area contributed by atoms with Crippen LogP contribution in [0.5, 0.6) is 0 Å². The van der Waals surface area contributed by atoms with Crippen LogP contribution >= 0.6 is 11.3 Å². The van der Waals surface area contributed by atoms with Crippen molar-refractivity contribution in [3.63, 3.8) is 0 Å². The Labute approximate surface area is 147 Å². The van der Waals surface area contributed by atoms with Crippen LogP contribution < -0.4 is 5.32 Å². The standard InChI is InChI=1S/C17H26N4O2S/c1-13(2)4-7-21-6-3-5-17(11-21)8-15(20-23-17)16(22)18-9-14-10-24-12-19-14/h10,12-13H,3-9,11H2,1-2H3,(H,18,22)/t17-/m0/s1. The summed E-state index contributed by atoms with van der Waals surface area (Å²) in [5.41, 5.74) is 2.85. The summed E-state index contributed by atoms with van der Waals surface area (Å²) in [6.07, 6.45) is 3.87. The van der Waals surface area contributed by atoms with Crippen LogP contribution in [0.3, 0.4) is 0 Å². The molecule has 0 bridgehead atoms. The van der Waals surface area contributed by atoms with E-state index in [1.54, 1.807) is 5.51 Å². The predicted octanol–water partition coefficient (Wildman–Crippen LogP) is 2.42. The van der Waals surface area contributed by atoms with Crippen LogP contribution in [0.1, 0.15) is 45.2 Å². The number of rotatable bonds is 6. The lowest BCUT2D eigenvalue weighted by Gasteiger charge is -2.38. The minimum absolute atomic E-state index is 0.140. The molecule has 0 radical (unpaired) electrons. The molecule has 2 aliphatic heterocycles. The second-order valence-corrected chi connectivity index (χ2v) is 7.93. The van der Waals surface area contributed by atoms with Gasteiger partial charge in [0.05, 0.1) is 17.7 Å². The molecule has 0 unspecified atom stereocenters. The maximum Gasteiger partial charge on any atom is 0.269 e. The average molecular weight is 350 g/mol. The number of aromatic nitrogens is 1. The lowest BCUT2D eigenvalue weighted by Crippen LogP contribution is -2.49. The molecule has 0 saturated carbocycles. The summed E-state index contributed by atoms with van der Waals surface area (Å²) in [6, 6.07) is 0. The molecule has 3 rings (SSSR count). The summed E-state index contributed by atoms with van der Waals surface area (Å²) in [4.78, 5) is 24.7. The lowest BCUT2D eigenvalue weighted by atomic mass is 9.87. The van der Waals surface area contributed by atoms with Gasteiger partial charge in [0.1, 0.15) is 5.71 Å². The third kappa shape index (κ3) is 4.33. The first-order chi connectivity index (χ1) is 11.6. The van der Waals surface area contributed by atoms with E-state index < -0.39 is 0 Å². The summed E-state index contributed by atoms with van der Waals surface area (Å²) in [6.45, 7) is 8.01. The van der Waals surface area contributed by atoms with Crippen molar-refractivity contribution in [2.24, 2.45) is 11.1 Å². The number of piperidine rings is 1. The van der Waals surface area contributed by atoms with E-state index in [2.05, 4.69) is 34.2 Å². The van der Waals surface area contributed by atoms with Crippen LogP contribution in [-0.4, -0.2) is 46.7 Å². The highest BCUT2D eigenvalue weighted by Crippen LogP contribution is 2.33. The fourth-order valence-electron chi connectivity index (χ4n) is 3.28. The second kappa shape index (κ2) is 7.61. The predicted molar refractivity (Wildman–Crippen MR) is 95.0 cm³/mol. The van der Waals surface area contributed by atoms with E-state index >= 15 is 0 Å². The van der Waals surface area contributed by atoms with E-state index in [4.69, 9.17) is 4.84 Å². The van der Waals surface area contributed by atoms with Crippen molar-refractivity contribution in [3.8, 4) is 0 Å². The van der Waals surface area contributed by atoms with Crippen molar-refractivity contribution in [3.05, 3.63) is 16.6 Å². The van der Waals surface area contributed by atoms with Crippen molar-refractivity contribution in [1.29, 1.82) is 0 Å². The number of hydrogen-bond acceptors (Lipinski definition) is 6. The zero-order chi connectivity index (χ0) is 17.0. The molecule has 1 spiro atoms. The van der Waals surface area contributed by atoms with Crippen LogP contribution in [0.2, 0.25) is 0 Å². The van der Waals surface area contributed by atoms with E-state index in [9.17, 15) is 4.79 Å². The summed E-state index contributed by atoms with van der Waals surface area (Å²) < 4.78 is 0. The quantitative estimate of drug-likeness (QED) is 0.856. The van der Waals surface area contributed by atoms with Crippen molar-refractivity contribution in [1.82, 2.24) is 15.2 Å². The van der Waals surface area contributed by atoms with Gasteiger partial charge in [-0.15, -0.1) is 11.3 Å². The maximum absolute atomic E-state index is 12.3. The third-order valence-electron chi connectivity index (χ3n) is 4.66. The molecule has 3 heterocycles. The molecule has 1 atom stereocenters. The molecule has 2 aliphatic rings. The molecule has 132 valence electrons. The summed E-state index contributed by atoms with van der Waals surface area (Å²) >= 11 is 1.52. The Bertz CT molecular complexity index is 587. The Morgan fingerprint density at radius 3 is 3.17 bits per heavy atom. The molecule has 1 aromatic rings. The maximum atomic E-state index is 12.3. The molecular formula is C17H26N4O2S. The number of carbonyl (C=O) groups excluding carboxylic acids is 1. The molecule has 1 N–H and O–H groups in total. The number of nitrogens with zero attached hydrogens (tertiary/aromatic N) is 3. The largest absolute Gasteiger partial charge is 0.387 e. The van der Waals surface area contributed by atoms with Gasteiger partial charge in [0, 0.05) is 18.3 Å².